The number of hydrogen-bond acceptors (Lipinski definition) is 6. The first kappa shape index (κ1) is 12.6. The van der Waals surface area contributed by atoms with Gasteiger partial charge in [-0.1, -0.05) is 6.07 Å². The standard InChI is InChI=1S/C16H12N2O5/c19-16-10-5-14-13(22-7-23-14)4-9(10)15(17-18-16)8-1-2-11-12(3-8)21-6-20-11/h1-5,15,17H,6-7H2,(H,18,19). The maximum atomic E-state index is 12.1. The van der Waals surface area contributed by atoms with Gasteiger partial charge in [0.1, 0.15) is 0 Å². The van der Waals surface area contributed by atoms with Gasteiger partial charge in [-0.3, -0.25) is 10.2 Å². The molecule has 5 rings (SSSR count). The molecule has 0 saturated carbocycles. The maximum Gasteiger partial charge on any atom is 0.265 e. The molecule has 3 aliphatic heterocycles. The Labute approximate surface area is 131 Å². The van der Waals surface area contributed by atoms with Crippen molar-refractivity contribution in [3.05, 3.63) is 47.0 Å². The summed E-state index contributed by atoms with van der Waals surface area (Å²) >= 11 is 0. The topological polar surface area (TPSA) is 78.1 Å². The van der Waals surface area contributed by atoms with Gasteiger partial charge in [-0.15, -0.1) is 0 Å². The molecule has 7 nitrogen and oxygen atoms in total. The molecule has 0 spiro atoms. The van der Waals surface area contributed by atoms with Crippen molar-refractivity contribution in [1.82, 2.24) is 10.9 Å². The Hall–Kier alpha value is -2.93. The number of ether oxygens (including phenoxy) is 4. The number of hydrazine groups is 1. The van der Waals surface area contributed by atoms with Crippen molar-refractivity contribution in [2.45, 2.75) is 6.04 Å². The number of hydrogen-bond donors (Lipinski definition) is 2. The van der Waals surface area contributed by atoms with Crippen molar-refractivity contribution in [1.29, 1.82) is 0 Å². The van der Waals surface area contributed by atoms with Crippen LogP contribution in [0.4, 0.5) is 0 Å². The van der Waals surface area contributed by atoms with E-state index in [1.54, 1.807) is 6.07 Å². The summed E-state index contributed by atoms with van der Waals surface area (Å²) in [6, 6.07) is 9.06. The van der Waals surface area contributed by atoms with E-state index in [1.807, 2.05) is 24.3 Å². The molecule has 0 fully saturated rings. The van der Waals surface area contributed by atoms with Gasteiger partial charge in [0, 0.05) is 5.56 Å². The third kappa shape index (κ3) is 1.83. The average Bonchev–Trinajstić information content (AvgIpc) is 3.21. The number of amides is 1. The highest BCUT2D eigenvalue weighted by molar-refractivity contribution is 5.97. The van der Waals surface area contributed by atoms with Gasteiger partial charge in [-0.05, 0) is 35.4 Å². The smallest absolute Gasteiger partial charge is 0.265 e. The molecule has 1 unspecified atom stereocenters. The van der Waals surface area contributed by atoms with Gasteiger partial charge in [0.05, 0.1) is 6.04 Å². The lowest BCUT2D eigenvalue weighted by Crippen LogP contribution is -2.45. The van der Waals surface area contributed by atoms with Crippen LogP contribution in [0, 0.1) is 0 Å². The van der Waals surface area contributed by atoms with Crippen LogP contribution in [0.15, 0.2) is 30.3 Å². The Balaban J connectivity index is 1.63. The quantitative estimate of drug-likeness (QED) is 0.830. The van der Waals surface area contributed by atoms with Crippen LogP contribution >= 0.6 is 0 Å². The molecule has 2 aromatic carbocycles. The number of fused-ring (bicyclic) bond motifs is 3. The summed E-state index contributed by atoms with van der Waals surface area (Å²) in [4.78, 5) is 12.1. The number of benzene rings is 2. The van der Waals surface area contributed by atoms with Crippen LogP contribution in [-0.2, 0) is 0 Å². The number of nitrogens with one attached hydrogen (secondary N) is 2. The molecule has 0 bridgehead atoms. The van der Waals surface area contributed by atoms with E-state index in [1.165, 1.54) is 0 Å². The first-order valence-electron chi connectivity index (χ1n) is 7.18. The van der Waals surface area contributed by atoms with Crippen molar-refractivity contribution in [3.8, 4) is 23.0 Å². The Bertz CT molecular complexity index is 835. The molecule has 0 saturated heterocycles. The van der Waals surface area contributed by atoms with Crippen LogP contribution in [0.5, 0.6) is 23.0 Å². The van der Waals surface area contributed by atoms with Crippen molar-refractivity contribution < 1.29 is 23.7 Å². The zero-order valence-corrected chi connectivity index (χ0v) is 11.9. The lowest BCUT2D eigenvalue weighted by atomic mass is 9.92. The zero-order chi connectivity index (χ0) is 15.4. The fourth-order valence-corrected chi connectivity index (χ4v) is 3.03. The van der Waals surface area contributed by atoms with Gasteiger partial charge < -0.3 is 18.9 Å². The lowest BCUT2D eigenvalue weighted by molar-refractivity contribution is 0.0913. The lowest BCUT2D eigenvalue weighted by Gasteiger charge is -2.27. The molecule has 3 heterocycles. The van der Waals surface area contributed by atoms with Crippen molar-refractivity contribution in [2.75, 3.05) is 13.6 Å². The van der Waals surface area contributed by atoms with E-state index < -0.39 is 0 Å². The van der Waals surface area contributed by atoms with E-state index in [9.17, 15) is 4.79 Å². The van der Waals surface area contributed by atoms with Gasteiger partial charge in [0.15, 0.2) is 23.0 Å². The van der Waals surface area contributed by atoms with Gasteiger partial charge in [-0.25, -0.2) is 5.43 Å². The molecule has 0 aliphatic carbocycles. The van der Waals surface area contributed by atoms with E-state index >= 15 is 0 Å². The number of carbonyl (C=O) groups excluding carboxylic acids is 1. The molecule has 0 radical (unpaired) electrons. The molecular weight excluding hydrogens is 300 g/mol. The summed E-state index contributed by atoms with van der Waals surface area (Å²) in [5, 5.41) is 0. The summed E-state index contributed by atoms with van der Waals surface area (Å²) in [5.74, 6) is 2.45. The molecular formula is C16H12N2O5. The Kier molecular flexibility index (Phi) is 2.48. The second kappa shape index (κ2) is 4.53. The molecule has 1 amide bonds. The minimum Gasteiger partial charge on any atom is -0.454 e. The second-order valence-corrected chi connectivity index (χ2v) is 5.44. The first-order chi connectivity index (χ1) is 11.3. The highest BCUT2D eigenvalue weighted by atomic mass is 16.7. The highest BCUT2D eigenvalue weighted by Gasteiger charge is 2.31. The fraction of sp³-hybridized carbons (Fsp3) is 0.188. The predicted octanol–water partition coefficient (Wildman–Crippen LogP) is 1.48. The molecule has 2 N–H and O–H groups in total. The predicted molar refractivity (Wildman–Crippen MR) is 77.6 cm³/mol. The molecule has 23 heavy (non-hydrogen) atoms. The third-order valence-electron chi connectivity index (χ3n) is 4.16. The molecule has 7 heteroatoms. The SMILES string of the molecule is O=C1NNC(c2ccc3c(c2)OCO3)c2cc3c(cc21)OCO3. The zero-order valence-electron chi connectivity index (χ0n) is 11.9. The molecule has 0 aromatic heterocycles. The van der Waals surface area contributed by atoms with E-state index in [4.69, 9.17) is 18.9 Å². The van der Waals surface area contributed by atoms with E-state index in [2.05, 4.69) is 10.9 Å². The van der Waals surface area contributed by atoms with Crippen LogP contribution in [0.1, 0.15) is 27.5 Å². The summed E-state index contributed by atoms with van der Waals surface area (Å²) in [7, 11) is 0. The molecule has 1 atom stereocenters. The van der Waals surface area contributed by atoms with Gasteiger partial charge in [0.2, 0.25) is 13.6 Å². The first-order valence-corrected chi connectivity index (χ1v) is 7.18. The van der Waals surface area contributed by atoms with E-state index in [0.717, 1.165) is 16.9 Å². The summed E-state index contributed by atoms with van der Waals surface area (Å²) in [6.07, 6.45) is 0. The van der Waals surface area contributed by atoms with Crippen molar-refractivity contribution in [2.24, 2.45) is 0 Å². The molecule has 3 aliphatic rings. The Morgan fingerprint density at radius 3 is 2.39 bits per heavy atom. The minimum absolute atomic E-state index is 0.169. The average molecular weight is 312 g/mol. The normalized spacial score (nSPS) is 20.2. The summed E-state index contributed by atoms with van der Waals surface area (Å²) in [6.45, 7) is 0.394. The van der Waals surface area contributed by atoms with Crippen molar-refractivity contribution >= 4 is 5.91 Å². The van der Waals surface area contributed by atoms with E-state index in [-0.39, 0.29) is 25.5 Å². The second-order valence-electron chi connectivity index (χ2n) is 5.44. The monoisotopic (exact) mass is 312 g/mol. The van der Waals surface area contributed by atoms with Crippen LogP contribution < -0.4 is 29.8 Å². The van der Waals surface area contributed by atoms with Crippen LogP contribution in [0.2, 0.25) is 0 Å². The van der Waals surface area contributed by atoms with Crippen molar-refractivity contribution in [3.63, 3.8) is 0 Å². The van der Waals surface area contributed by atoms with Gasteiger partial charge in [-0.2, -0.15) is 0 Å². The van der Waals surface area contributed by atoms with Crippen LogP contribution in [0.3, 0.4) is 0 Å². The molecule has 116 valence electrons. The minimum atomic E-state index is -0.216. The molecule has 2 aromatic rings. The van der Waals surface area contributed by atoms with Crippen LogP contribution in [0.25, 0.3) is 0 Å². The highest BCUT2D eigenvalue weighted by Crippen LogP contribution is 2.41. The maximum absolute atomic E-state index is 12.1. The number of rotatable bonds is 1. The Morgan fingerprint density at radius 1 is 0.870 bits per heavy atom. The van der Waals surface area contributed by atoms with Gasteiger partial charge in [0.25, 0.3) is 5.91 Å². The summed E-state index contributed by atoms with van der Waals surface area (Å²) in [5.41, 5.74) is 8.07. The van der Waals surface area contributed by atoms with E-state index in [0.29, 0.717) is 22.8 Å². The largest absolute Gasteiger partial charge is 0.454 e. The fourth-order valence-electron chi connectivity index (χ4n) is 3.03. The summed E-state index contributed by atoms with van der Waals surface area (Å²) < 4.78 is 21.6. The Morgan fingerprint density at radius 2 is 1.57 bits per heavy atom. The number of carbonyl (C=O) groups is 1. The van der Waals surface area contributed by atoms with Crippen LogP contribution in [-0.4, -0.2) is 19.5 Å². The van der Waals surface area contributed by atoms with Gasteiger partial charge >= 0.3 is 0 Å². The third-order valence-corrected chi connectivity index (χ3v) is 4.16.